The minimum Gasteiger partial charge on any atom is -0.469 e. The van der Waals surface area contributed by atoms with Crippen LogP contribution in [0.5, 0.6) is 0 Å². The van der Waals surface area contributed by atoms with Crippen LogP contribution in [-0.2, 0) is 19.1 Å². The molecule has 0 aliphatic rings. The SMILES string of the molecule is CCOC(=O)COC(C)=NC(C)=O. The first-order valence-corrected chi connectivity index (χ1v) is 3.90. The van der Waals surface area contributed by atoms with Gasteiger partial charge in [0.1, 0.15) is 0 Å². The quantitative estimate of drug-likeness (QED) is 0.367. The Morgan fingerprint density at radius 2 is 1.85 bits per heavy atom. The van der Waals surface area contributed by atoms with Crippen molar-refractivity contribution in [2.45, 2.75) is 20.8 Å². The summed E-state index contributed by atoms with van der Waals surface area (Å²) in [4.78, 5) is 24.6. The number of amides is 1. The van der Waals surface area contributed by atoms with Crippen molar-refractivity contribution in [3.63, 3.8) is 0 Å². The van der Waals surface area contributed by atoms with Crippen molar-refractivity contribution < 1.29 is 19.1 Å². The Kier molecular flexibility index (Phi) is 5.50. The molecule has 0 fully saturated rings. The van der Waals surface area contributed by atoms with Crippen LogP contribution in [0.3, 0.4) is 0 Å². The molecular formula is C8H13NO4. The molecule has 0 aliphatic carbocycles. The number of rotatable bonds is 3. The van der Waals surface area contributed by atoms with Crippen molar-refractivity contribution in [3.8, 4) is 0 Å². The first kappa shape index (κ1) is 11.6. The predicted molar refractivity (Wildman–Crippen MR) is 46.4 cm³/mol. The van der Waals surface area contributed by atoms with Crippen LogP contribution in [0.25, 0.3) is 0 Å². The van der Waals surface area contributed by atoms with E-state index in [4.69, 9.17) is 4.74 Å². The highest BCUT2D eigenvalue weighted by Gasteiger charge is 2.02. The number of hydrogen-bond acceptors (Lipinski definition) is 4. The monoisotopic (exact) mass is 187 g/mol. The number of esters is 1. The van der Waals surface area contributed by atoms with Gasteiger partial charge >= 0.3 is 5.97 Å². The fourth-order valence-corrected chi connectivity index (χ4v) is 0.620. The zero-order chi connectivity index (χ0) is 10.3. The molecule has 13 heavy (non-hydrogen) atoms. The fraction of sp³-hybridized carbons (Fsp3) is 0.625. The van der Waals surface area contributed by atoms with Crippen LogP contribution in [0.15, 0.2) is 4.99 Å². The van der Waals surface area contributed by atoms with Gasteiger partial charge in [-0.05, 0) is 6.92 Å². The smallest absolute Gasteiger partial charge is 0.344 e. The summed E-state index contributed by atoms with van der Waals surface area (Å²) in [5.74, 6) is -0.664. The van der Waals surface area contributed by atoms with E-state index in [1.54, 1.807) is 6.92 Å². The van der Waals surface area contributed by atoms with Crippen molar-refractivity contribution in [3.05, 3.63) is 0 Å². The van der Waals surface area contributed by atoms with E-state index in [0.717, 1.165) is 0 Å². The van der Waals surface area contributed by atoms with Crippen LogP contribution in [-0.4, -0.2) is 31.0 Å². The molecule has 0 N–H and O–H groups in total. The van der Waals surface area contributed by atoms with E-state index in [9.17, 15) is 9.59 Å². The number of carbonyl (C=O) groups excluding carboxylic acids is 2. The van der Waals surface area contributed by atoms with Gasteiger partial charge in [0.2, 0.25) is 5.91 Å². The lowest BCUT2D eigenvalue weighted by Crippen LogP contribution is -2.15. The highest BCUT2D eigenvalue weighted by molar-refractivity contribution is 5.89. The van der Waals surface area contributed by atoms with E-state index in [1.165, 1.54) is 13.8 Å². The lowest BCUT2D eigenvalue weighted by Gasteiger charge is -2.03. The molecular weight excluding hydrogens is 174 g/mol. The van der Waals surface area contributed by atoms with Gasteiger partial charge in [0.25, 0.3) is 0 Å². The van der Waals surface area contributed by atoms with E-state index >= 15 is 0 Å². The van der Waals surface area contributed by atoms with Gasteiger partial charge in [-0.3, -0.25) is 4.79 Å². The largest absolute Gasteiger partial charge is 0.469 e. The summed E-state index contributed by atoms with van der Waals surface area (Å²) in [6.45, 7) is 4.60. The van der Waals surface area contributed by atoms with E-state index < -0.39 is 5.97 Å². The van der Waals surface area contributed by atoms with E-state index in [1.807, 2.05) is 0 Å². The molecule has 5 heteroatoms. The Morgan fingerprint density at radius 1 is 1.23 bits per heavy atom. The summed E-state index contributed by atoms with van der Waals surface area (Å²) >= 11 is 0. The number of hydrogen-bond donors (Lipinski definition) is 0. The summed E-state index contributed by atoms with van der Waals surface area (Å²) in [5, 5.41) is 0. The molecule has 0 saturated heterocycles. The number of nitrogens with zero attached hydrogens (tertiary/aromatic N) is 1. The third kappa shape index (κ3) is 6.99. The summed E-state index contributed by atoms with van der Waals surface area (Å²) in [7, 11) is 0. The molecule has 0 saturated carbocycles. The molecule has 0 aromatic carbocycles. The van der Waals surface area contributed by atoms with Gasteiger partial charge in [-0.25, -0.2) is 4.79 Å². The Balaban J connectivity index is 3.76. The highest BCUT2D eigenvalue weighted by Crippen LogP contribution is 1.86. The van der Waals surface area contributed by atoms with Crippen molar-refractivity contribution in [2.75, 3.05) is 13.2 Å². The van der Waals surface area contributed by atoms with E-state index in [-0.39, 0.29) is 18.4 Å². The van der Waals surface area contributed by atoms with Gasteiger partial charge in [-0.15, -0.1) is 0 Å². The van der Waals surface area contributed by atoms with Gasteiger partial charge < -0.3 is 9.47 Å². The van der Waals surface area contributed by atoms with Crippen LogP contribution in [0.1, 0.15) is 20.8 Å². The molecule has 0 radical (unpaired) electrons. The maximum absolute atomic E-state index is 10.7. The standard InChI is InChI=1S/C8H13NO4/c1-4-12-8(11)5-13-7(3)9-6(2)10/h4-5H2,1-3H3. The first-order valence-electron chi connectivity index (χ1n) is 3.90. The summed E-state index contributed by atoms with van der Waals surface area (Å²) in [6.07, 6.45) is 0. The Hall–Kier alpha value is -1.39. The molecule has 0 bridgehead atoms. The van der Waals surface area contributed by atoms with Gasteiger partial charge in [-0.1, -0.05) is 0 Å². The number of aliphatic imine (C=N–C) groups is 1. The van der Waals surface area contributed by atoms with Crippen LogP contribution in [0, 0.1) is 0 Å². The van der Waals surface area contributed by atoms with Crippen molar-refractivity contribution in [1.29, 1.82) is 0 Å². The highest BCUT2D eigenvalue weighted by atomic mass is 16.6. The van der Waals surface area contributed by atoms with Gasteiger partial charge in [0.15, 0.2) is 12.5 Å². The molecule has 0 aromatic heterocycles. The molecule has 74 valence electrons. The van der Waals surface area contributed by atoms with E-state index in [0.29, 0.717) is 6.61 Å². The summed E-state index contributed by atoms with van der Waals surface area (Å²) < 4.78 is 9.42. The molecule has 0 rings (SSSR count). The van der Waals surface area contributed by atoms with E-state index in [2.05, 4.69) is 9.73 Å². The average Bonchev–Trinajstić information content (AvgIpc) is 2.00. The Morgan fingerprint density at radius 3 is 2.31 bits per heavy atom. The summed E-state index contributed by atoms with van der Waals surface area (Å²) in [5.41, 5.74) is 0. The molecule has 0 heterocycles. The van der Waals surface area contributed by atoms with Crippen molar-refractivity contribution >= 4 is 17.8 Å². The van der Waals surface area contributed by atoms with Crippen molar-refractivity contribution in [1.82, 2.24) is 0 Å². The molecule has 5 nitrogen and oxygen atoms in total. The van der Waals surface area contributed by atoms with Crippen LogP contribution >= 0.6 is 0 Å². The Labute approximate surface area is 76.7 Å². The normalized spacial score (nSPS) is 10.8. The van der Waals surface area contributed by atoms with Crippen molar-refractivity contribution in [2.24, 2.45) is 4.99 Å². The molecule has 0 unspecified atom stereocenters. The van der Waals surface area contributed by atoms with Crippen LogP contribution in [0.2, 0.25) is 0 Å². The van der Waals surface area contributed by atoms with Gasteiger partial charge in [0, 0.05) is 13.8 Å². The molecule has 0 aromatic rings. The Bertz CT molecular complexity index is 222. The number of ether oxygens (including phenoxy) is 2. The molecule has 0 aliphatic heterocycles. The average molecular weight is 187 g/mol. The molecule has 1 amide bonds. The molecule has 0 spiro atoms. The first-order chi connectivity index (χ1) is 6.06. The summed E-state index contributed by atoms with van der Waals surface area (Å²) in [6, 6.07) is 0. The maximum atomic E-state index is 10.7. The fourth-order valence-electron chi connectivity index (χ4n) is 0.620. The zero-order valence-corrected chi connectivity index (χ0v) is 7.99. The third-order valence-electron chi connectivity index (χ3n) is 1.02. The second-order valence-electron chi connectivity index (χ2n) is 2.24. The van der Waals surface area contributed by atoms with Crippen LogP contribution in [0.4, 0.5) is 0 Å². The second kappa shape index (κ2) is 6.16. The van der Waals surface area contributed by atoms with Crippen LogP contribution < -0.4 is 0 Å². The minimum absolute atomic E-state index is 0.167. The third-order valence-corrected chi connectivity index (χ3v) is 1.02. The van der Waals surface area contributed by atoms with Gasteiger partial charge in [-0.2, -0.15) is 4.99 Å². The lowest BCUT2D eigenvalue weighted by molar-refractivity contribution is -0.145. The predicted octanol–water partition coefficient (Wildman–Crippen LogP) is 0.531. The maximum Gasteiger partial charge on any atom is 0.344 e. The topological polar surface area (TPSA) is 65.0 Å². The molecule has 0 atom stereocenters. The lowest BCUT2D eigenvalue weighted by atomic mass is 10.6. The second-order valence-corrected chi connectivity index (χ2v) is 2.24. The number of carbonyl (C=O) groups is 2. The minimum atomic E-state index is -0.472. The van der Waals surface area contributed by atoms with Gasteiger partial charge in [0.05, 0.1) is 6.61 Å². The zero-order valence-electron chi connectivity index (χ0n) is 7.99.